The molecular formula is C25H32N2O. The van der Waals surface area contributed by atoms with E-state index in [1.54, 1.807) is 0 Å². The predicted molar refractivity (Wildman–Crippen MR) is 112 cm³/mol. The Hall–Kier alpha value is -1.90. The van der Waals surface area contributed by atoms with Gasteiger partial charge in [-0.2, -0.15) is 0 Å². The Morgan fingerprint density at radius 1 is 1.18 bits per heavy atom. The van der Waals surface area contributed by atoms with Gasteiger partial charge >= 0.3 is 0 Å². The molecular weight excluding hydrogens is 344 g/mol. The first kappa shape index (κ1) is 18.1. The third-order valence-corrected chi connectivity index (χ3v) is 8.86. The molecule has 3 aliphatic carbocycles. The zero-order valence-electron chi connectivity index (χ0n) is 17.4. The number of amides is 1. The van der Waals surface area contributed by atoms with Crippen LogP contribution >= 0.6 is 0 Å². The summed E-state index contributed by atoms with van der Waals surface area (Å²) in [6, 6.07) is 4.29. The minimum Gasteiger partial charge on any atom is -0.353 e. The number of aromatic nitrogens is 1. The van der Waals surface area contributed by atoms with E-state index in [0.29, 0.717) is 17.8 Å². The number of fused-ring (bicyclic) bond motifs is 5. The summed E-state index contributed by atoms with van der Waals surface area (Å²) in [4.78, 5) is 16.6. The molecule has 1 amide bonds. The van der Waals surface area contributed by atoms with E-state index in [0.717, 1.165) is 18.9 Å². The number of rotatable bonds is 1. The number of nitrogens with zero attached hydrogens (tertiary/aromatic N) is 1. The molecule has 3 heteroatoms. The Morgan fingerprint density at radius 3 is 2.82 bits per heavy atom. The van der Waals surface area contributed by atoms with Gasteiger partial charge in [0.15, 0.2) is 0 Å². The maximum atomic E-state index is 12.2. The molecule has 1 aliphatic heterocycles. The van der Waals surface area contributed by atoms with Gasteiger partial charge in [-0.3, -0.25) is 9.78 Å². The summed E-state index contributed by atoms with van der Waals surface area (Å²) in [6.07, 6.45) is 14.4. The fourth-order valence-electron chi connectivity index (χ4n) is 7.53. The smallest absolute Gasteiger partial charge is 0.243 e. The number of carbonyl (C=O) groups excluding carboxylic acids is 1. The van der Waals surface area contributed by atoms with E-state index >= 15 is 0 Å². The van der Waals surface area contributed by atoms with Gasteiger partial charge < -0.3 is 5.32 Å². The summed E-state index contributed by atoms with van der Waals surface area (Å²) in [7, 11) is 0. The summed E-state index contributed by atoms with van der Waals surface area (Å²) in [5.41, 5.74) is 4.69. The lowest BCUT2D eigenvalue weighted by Crippen LogP contribution is -2.51. The van der Waals surface area contributed by atoms with Gasteiger partial charge in [0.05, 0.1) is 0 Å². The van der Waals surface area contributed by atoms with Crippen molar-refractivity contribution in [2.75, 3.05) is 6.54 Å². The number of hydrogen-bond acceptors (Lipinski definition) is 2. The van der Waals surface area contributed by atoms with E-state index in [9.17, 15) is 4.79 Å². The van der Waals surface area contributed by atoms with Gasteiger partial charge in [-0.15, -0.1) is 0 Å². The summed E-state index contributed by atoms with van der Waals surface area (Å²) in [5, 5.41) is 3.09. The number of hydrogen-bond donors (Lipinski definition) is 1. The first-order chi connectivity index (χ1) is 13.4. The topological polar surface area (TPSA) is 42.0 Å². The fourth-order valence-corrected chi connectivity index (χ4v) is 7.53. The molecule has 2 saturated carbocycles. The summed E-state index contributed by atoms with van der Waals surface area (Å²) in [5.74, 6) is 2.78. The van der Waals surface area contributed by atoms with Crippen molar-refractivity contribution in [3.05, 3.63) is 47.8 Å². The van der Waals surface area contributed by atoms with Gasteiger partial charge in [0.1, 0.15) is 0 Å². The Labute approximate surface area is 168 Å². The minimum absolute atomic E-state index is 0.117. The number of pyridine rings is 1. The van der Waals surface area contributed by atoms with Crippen molar-refractivity contribution in [3.63, 3.8) is 0 Å². The van der Waals surface area contributed by atoms with Crippen molar-refractivity contribution in [1.29, 1.82) is 0 Å². The Balaban J connectivity index is 1.51. The third kappa shape index (κ3) is 2.47. The van der Waals surface area contributed by atoms with Crippen LogP contribution in [0.15, 0.2) is 42.3 Å². The van der Waals surface area contributed by atoms with Gasteiger partial charge in [0, 0.05) is 25.0 Å². The van der Waals surface area contributed by atoms with Crippen LogP contribution in [0, 0.1) is 34.5 Å². The molecule has 3 nitrogen and oxygen atoms in total. The lowest BCUT2D eigenvalue weighted by Gasteiger charge is -2.58. The molecule has 5 rings (SSSR count). The van der Waals surface area contributed by atoms with E-state index < -0.39 is 0 Å². The molecule has 6 atom stereocenters. The second kappa shape index (κ2) is 6.30. The predicted octanol–water partition coefficient (Wildman–Crippen LogP) is 5.01. The number of carbonyl (C=O) groups is 1. The molecule has 2 fully saturated rings. The molecule has 148 valence electrons. The van der Waals surface area contributed by atoms with Crippen LogP contribution < -0.4 is 5.32 Å². The maximum Gasteiger partial charge on any atom is 0.243 e. The largest absolute Gasteiger partial charge is 0.353 e. The molecule has 4 aliphatic rings. The van der Waals surface area contributed by atoms with Crippen molar-refractivity contribution in [2.24, 2.45) is 34.5 Å². The quantitative estimate of drug-likeness (QED) is 0.748. The number of nitrogens with one attached hydrogen (secondary N) is 1. The zero-order chi connectivity index (χ0) is 19.5. The van der Waals surface area contributed by atoms with E-state index in [4.69, 9.17) is 0 Å². The molecule has 1 aromatic heterocycles. The van der Waals surface area contributed by atoms with E-state index in [-0.39, 0.29) is 16.7 Å². The SMILES string of the molecule is CC1C[C@@H]2[C@H](CC[C@]3(C)C(c4cccnc4)=CC[C@@H]23)[C@@]2(C)CCNC(=O)C=C12. The minimum atomic E-state index is 0.117. The Bertz CT molecular complexity index is 857. The first-order valence-electron chi connectivity index (χ1n) is 11.0. The Kier molecular flexibility index (Phi) is 4.08. The monoisotopic (exact) mass is 376 g/mol. The summed E-state index contributed by atoms with van der Waals surface area (Å²) >= 11 is 0. The molecule has 1 unspecified atom stereocenters. The fraction of sp³-hybridized carbons (Fsp3) is 0.600. The average molecular weight is 377 g/mol. The summed E-state index contributed by atoms with van der Waals surface area (Å²) < 4.78 is 0. The number of allylic oxidation sites excluding steroid dienone is 3. The first-order valence-corrected chi connectivity index (χ1v) is 11.0. The zero-order valence-corrected chi connectivity index (χ0v) is 17.4. The molecule has 0 saturated heterocycles. The van der Waals surface area contributed by atoms with E-state index in [1.165, 1.54) is 42.4 Å². The van der Waals surface area contributed by atoms with Crippen LogP contribution in [0.2, 0.25) is 0 Å². The maximum absolute atomic E-state index is 12.2. The second-order valence-electron chi connectivity index (χ2n) is 10.1. The molecule has 1 N–H and O–H groups in total. The summed E-state index contributed by atoms with van der Waals surface area (Å²) in [6.45, 7) is 8.14. The van der Waals surface area contributed by atoms with Crippen molar-refractivity contribution < 1.29 is 4.79 Å². The van der Waals surface area contributed by atoms with Crippen LogP contribution in [-0.2, 0) is 4.79 Å². The van der Waals surface area contributed by atoms with Crippen LogP contribution in [0.5, 0.6) is 0 Å². The molecule has 2 heterocycles. The molecule has 0 spiro atoms. The van der Waals surface area contributed by atoms with Crippen molar-refractivity contribution in [2.45, 2.75) is 52.9 Å². The molecule has 1 aromatic rings. The second-order valence-corrected chi connectivity index (χ2v) is 10.1. The highest BCUT2D eigenvalue weighted by atomic mass is 16.1. The van der Waals surface area contributed by atoms with Gasteiger partial charge in [-0.1, -0.05) is 38.5 Å². The van der Waals surface area contributed by atoms with Crippen LogP contribution in [0.1, 0.15) is 58.4 Å². The molecule has 0 aromatic carbocycles. The Morgan fingerprint density at radius 2 is 2.04 bits per heavy atom. The van der Waals surface area contributed by atoms with E-state index in [1.807, 2.05) is 18.5 Å². The highest BCUT2D eigenvalue weighted by Crippen LogP contribution is 2.66. The lowest BCUT2D eigenvalue weighted by molar-refractivity contribution is -0.116. The van der Waals surface area contributed by atoms with Gasteiger partial charge in [0.2, 0.25) is 5.91 Å². The normalized spacial score (nSPS) is 42.3. The average Bonchev–Trinajstić information content (AvgIpc) is 2.94. The van der Waals surface area contributed by atoms with Gasteiger partial charge in [-0.05, 0) is 83.8 Å². The van der Waals surface area contributed by atoms with Crippen LogP contribution in [-0.4, -0.2) is 17.4 Å². The van der Waals surface area contributed by atoms with Crippen LogP contribution in [0.4, 0.5) is 0 Å². The van der Waals surface area contributed by atoms with Gasteiger partial charge in [0.25, 0.3) is 0 Å². The standard InChI is InChI=1S/C25H32N2O/c1-16-13-18-20-7-6-19(17-5-4-11-26-15-17)24(20,2)9-8-21(18)25(3)10-12-27-23(28)14-22(16)25/h4-6,11,14-16,18,20-21H,7-10,12-13H2,1-3H3,(H,27,28)/t16?,18-,20-,21-,24+,25+/m0/s1. The van der Waals surface area contributed by atoms with Crippen LogP contribution in [0.25, 0.3) is 5.57 Å². The van der Waals surface area contributed by atoms with Crippen LogP contribution in [0.3, 0.4) is 0 Å². The highest BCUT2D eigenvalue weighted by molar-refractivity contribution is 5.89. The lowest BCUT2D eigenvalue weighted by atomic mass is 9.46. The van der Waals surface area contributed by atoms with Crippen molar-refractivity contribution >= 4 is 11.5 Å². The molecule has 28 heavy (non-hydrogen) atoms. The van der Waals surface area contributed by atoms with Crippen molar-refractivity contribution in [1.82, 2.24) is 10.3 Å². The van der Waals surface area contributed by atoms with Gasteiger partial charge in [-0.25, -0.2) is 0 Å². The van der Waals surface area contributed by atoms with E-state index in [2.05, 4.69) is 49.3 Å². The molecule has 0 radical (unpaired) electrons. The third-order valence-electron chi connectivity index (χ3n) is 8.86. The highest BCUT2D eigenvalue weighted by Gasteiger charge is 2.58. The van der Waals surface area contributed by atoms with Crippen molar-refractivity contribution in [3.8, 4) is 0 Å². The molecule has 0 bridgehead atoms.